The van der Waals surface area contributed by atoms with E-state index >= 15 is 0 Å². The van der Waals surface area contributed by atoms with Crippen molar-refractivity contribution in [1.82, 2.24) is 14.8 Å². The first kappa shape index (κ1) is 18.4. The topological polar surface area (TPSA) is 53.5 Å². The highest BCUT2D eigenvalue weighted by Crippen LogP contribution is 2.49. The molecule has 2 saturated heterocycles. The van der Waals surface area contributed by atoms with Crippen LogP contribution in [0.25, 0.3) is 0 Å². The minimum absolute atomic E-state index is 0.0617. The van der Waals surface area contributed by atoms with Crippen LogP contribution in [0.4, 0.5) is 4.39 Å². The van der Waals surface area contributed by atoms with Gasteiger partial charge in [0.1, 0.15) is 5.82 Å². The van der Waals surface area contributed by atoms with E-state index in [2.05, 4.69) is 9.88 Å². The fourth-order valence-electron chi connectivity index (χ4n) is 5.08. The second-order valence-electron chi connectivity index (χ2n) is 8.50. The van der Waals surface area contributed by atoms with Gasteiger partial charge >= 0.3 is 0 Å². The highest BCUT2D eigenvalue weighted by molar-refractivity contribution is 5.80. The molecular weight excluding hydrogens is 345 g/mol. The van der Waals surface area contributed by atoms with Crippen LogP contribution in [-0.4, -0.2) is 52.8 Å². The Morgan fingerprint density at radius 1 is 1.07 bits per heavy atom. The molecule has 0 radical (unpaired) electrons. The molecule has 2 amide bonds. The average Bonchev–Trinajstić information content (AvgIpc) is 3.34. The molecule has 0 aromatic carbocycles. The molecule has 0 N–H and O–H groups in total. The van der Waals surface area contributed by atoms with E-state index in [0.717, 1.165) is 77.3 Å². The van der Waals surface area contributed by atoms with Gasteiger partial charge in [-0.15, -0.1) is 0 Å². The fraction of sp³-hybridized carbons (Fsp3) is 0.667. The molecule has 1 atom stereocenters. The van der Waals surface area contributed by atoms with E-state index in [1.807, 2.05) is 4.90 Å². The lowest BCUT2D eigenvalue weighted by atomic mass is 9.76. The number of carbonyl (C=O) groups excluding carboxylic acids is 2. The molecule has 1 aliphatic carbocycles. The van der Waals surface area contributed by atoms with Crippen molar-refractivity contribution in [2.45, 2.75) is 51.4 Å². The Morgan fingerprint density at radius 3 is 2.48 bits per heavy atom. The highest BCUT2D eigenvalue weighted by Gasteiger charge is 2.45. The summed E-state index contributed by atoms with van der Waals surface area (Å²) in [5, 5.41) is 0. The predicted molar refractivity (Wildman–Crippen MR) is 99.3 cm³/mol. The first-order valence-corrected chi connectivity index (χ1v) is 10.2. The minimum atomic E-state index is -0.384. The predicted octanol–water partition coefficient (Wildman–Crippen LogP) is 2.79. The van der Waals surface area contributed by atoms with Gasteiger partial charge in [0.15, 0.2) is 0 Å². The van der Waals surface area contributed by atoms with E-state index < -0.39 is 0 Å². The zero-order valence-corrected chi connectivity index (χ0v) is 15.8. The molecule has 5 nitrogen and oxygen atoms in total. The third kappa shape index (κ3) is 3.99. The maximum absolute atomic E-state index is 13.0. The van der Waals surface area contributed by atoms with Crippen LogP contribution in [0.1, 0.15) is 50.6 Å². The Bertz CT molecular complexity index is 692. The van der Waals surface area contributed by atoms with E-state index in [9.17, 15) is 14.0 Å². The lowest BCUT2D eigenvalue weighted by Gasteiger charge is -2.39. The molecule has 1 unspecified atom stereocenters. The molecule has 2 aliphatic heterocycles. The van der Waals surface area contributed by atoms with Crippen molar-refractivity contribution < 1.29 is 14.0 Å². The molecular formula is C21H28FN3O2. The molecule has 146 valence electrons. The van der Waals surface area contributed by atoms with Crippen LogP contribution >= 0.6 is 0 Å². The molecule has 1 aromatic rings. The van der Waals surface area contributed by atoms with Gasteiger partial charge in [-0.25, -0.2) is 4.39 Å². The van der Waals surface area contributed by atoms with E-state index in [4.69, 9.17) is 0 Å². The summed E-state index contributed by atoms with van der Waals surface area (Å²) < 4.78 is 13.0. The summed E-state index contributed by atoms with van der Waals surface area (Å²) in [7, 11) is 0. The average molecular weight is 373 g/mol. The van der Waals surface area contributed by atoms with Crippen LogP contribution in [0.2, 0.25) is 0 Å². The van der Waals surface area contributed by atoms with Crippen LogP contribution in [-0.2, 0) is 16.0 Å². The quantitative estimate of drug-likeness (QED) is 0.819. The standard InChI is InChI=1S/C21H28FN3O2/c22-17-3-4-18(23-15-17)13-19(26)24-11-7-21(8-12-24)6-5-16(14-21)20(27)25-9-1-2-10-25/h3-4,15-16H,1-2,5-14H2. The normalized spacial score (nSPS) is 24.6. The van der Waals surface area contributed by atoms with Gasteiger partial charge in [0.05, 0.1) is 12.6 Å². The van der Waals surface area contributed by atoms with E-state index in [1.54, 1.807) is 6.07 Å². The van der Waals surface area contributed by atoms with Crippen molar-refractivity contribution >= 4 is 11.8 Å². The van der Waals surface area contributed by atoms with Crippen LogP contribution in [0, 0.1) is 17.2 Å². The number of nitrogens with zero attached hydrogens (tertiary/aromatic N) is 3. The molecule has 1 spiro atoms. The Balaban J connectivity index is 1.29. The smallest absolute Gasteiger partial charge is 0.228 e. The van der Waals surface area contributed by atoms with Crippen molar-refractivity contribution in [3.63, 3.8) is 0 Å². The van der Waals surface area contributed by atoms with Crippen molar-refractivity contribution in [3.05, 3.63) is 29.8 Å². The third-order valence-electron chi connectivity index (χ3n) is 6.77. The van der Waals surface area contributed by atoms with Crippen LogP contribution < -0.4 is 0 Å². The van der Waals surface area contributed by atoms with Crippen molar-refractivity contribution in [2.24, 2.45) is 11.3 Å². The molecule has 3 aliphatic rings. The Kier molecular flexibility index (Phi) is 5.15. The van der Waals surface area contributed by atoms with E-state index in [-0.39, 0.29) is 29.5 Å². The number of halogens is 1. The van der Waals surface area contributed by atoms with E-state index in [1.165, 1.54) is 6.07 Å². The SMILES string of the molecule is O=C(Cc1ccc(F)cn1)N1CCC2(CCC(C(=O)N3CCCC3)C2)CC1. The summed E-state index contributed by atoms with van der Waals surface area (Å²) in [4.78, 5) is 33.2. The number of amides is 2. The highest BCUT2D eigenvalue weighted by atomic mass is 19.1. The second kappa shape index (κ2) is 7.56. The zero-order chi connectivity index (χ0) is 18.9. The van der Waals surface area contributed by atoms with Gasteiger partial charge in [0, 0.05) is 37.8 Å². The van der Waals surface area contributed by atoms with Gasteiger partial charge in [0.2, 0.25) is 11.8 Å². The van der Waals surface area contributed by atoms with Crippen molar-refractivity contribution in [1.29, 1.82) is 0 Å². The molecule has 6 heteroatoms. The summed E-state index contributed by atoms with van der Waals surface area (Å²) in [6, 6.07) is 2.92. The Morgan fingerprint density at radius 2 is 1.81 bits per heavy atom. The van der Waals surface area contributed by atoms with Gasteiger partial charge in [-0.3, -0.25) is 14.6 Å². The molecule has 3 heterocycles. The fourth-order valence-corrected chi connectivity index (χ4v) is 5.08. The zero-order valence-electron chi connectivity index (χ0n) is 15.8. The van der Waals surface area contributed by atoms with Gasteiger partial charge < -0.3 is 9.80 Å². The number of piperidine rings is 1. The van der Waals surface area contributed by atoms with Gasteiger partial charge in [-0.2, -0.15) is 0 Å². The summed E-state index contributed by atoms with van der Waals surface area (Å²) in [5.74, 6) is 0.232. The molecule has 1 saturated carbocycles. The van der Waals surface area contributed by atoms with E-state index in [0.29, 0.717) is 11.6 Å². The summed E-state index contributed by atoms with van der Waals surface area (Å²) in [6.45, 7) is 3.37. The summed E-state index contributed by atoms with van der Waals surface area (Å²) in [6.07, 6.45) is 8.74. The maximum atomic E-state index is 13.0. The van der Waals surface area contributed by atoms with Gasteiger partial charge in [-0.1, -0.05) is 0 Å². The molecule has 0 bridgehead atoms. The summed E-state index contributed by atoms with van der Waals surface area (Å²) in [5.41, 5.74) is 0.851. The third-order valence-corrected chi connectivity index (χ3v) is 6.77. The number of pyridine rings is 1. The number of hydrogen-bond acceptors (Lipinski definition) is 3. The summed E-state index contributed by atoms with van der Waals surface area (Å²) >= 11 is 0. The van der Waals surface area contributed by atoms with Crippen molar-refractivity contribution in [2.75, 3.05) is 26.2 Å². The lowest BCUT2D eigenvalue weighted by Crippen LogP contribution is -2.43. The number of carbonyl (C=O) groups is 2. The largest absolute Gasteiger partial charge is 0.342 e. The van der Waals surface area contributed by atoms with Crippen LogP contribution in [0.15, 0.2) is 18.3 Å². The monoisotopic (exact) mass is 373 g/mol. The first-order chi connectivity index (χ1) is 13.0. The molecule has 3 fully saturated rings. The first-order valence-electron chi connectivity index (χ1n) is 10.2. The molecule has 27 heavy (non-hydrogen) atoms. The van der Waals surface area contributed by atoms with Gasteiger partial charge in [0.25, 0.3) is 0 Å². The lowest BCUT2D eigenvalue weighted by molar-refractivity contribution is -0.136. The second-order valence-corrected chi connectivity index (χ2v) is 8.50. The molecule has 1 aromatic heterocycles. The van der Waals surface area contributed by atoms with Gasteiger partial charge in [-0.05, 0) is 62.5 Å². The van der Waals surface area contributed by atoms with Crippen molar-refractivity contribution in [3.8, 4) is 0 Å². The molecule has 4 rings (SSSR count). The number of hydrogen-bond donors (Lipinski definition) is 0. The number of likely N-dealkylation sites (tertiary alicyclic amines) is 2. The maximum Gasteiger partial charge on any atom is 0.228 e. The van der Waals surface area contributed by atoms with Crippen LogP contribution in [0.5, 0.6) is 0 Å². The Labute approximate surface area is 159 Å². The number of aromatic nitrogens is 1. The Hall–Kier alpha value is -1.98. The number of rotatable bonds is 3. The minimum Gasteiger partial charge on any atom is -0.342 e. The van der Waals surface area contributed by atoms with Crippen LogP contribution in [0.3, 0.4) is 0 Å².